The number of nitrogens with zero attached hydrogens (tertiary/aromatic N) is 4. The predicted octanol–water partition coefficient (Wildman–Crippen LogP) is 0.121. The Labute approximate surface area is 121 Å². The molecule has 2 aromatic heterocycles. The van der Waals surface area contributed by atoms with Gasteiger partial charge in [0, 0.05) is 13.2 Å². The lowest BCUT2D eigenvalue weighted by Crippen LogP contribution is -2.36. The minimum atomic E-state index is -0.478. The summed E-state index contributed by atoms with van der Waals surface area (Å²) >= 11 is 0. The standard InChI is InChI=1S/C13H16N4O4/c1-16-8-15-12-9(16)4-5-14-13(12)17(6-10(18)20-2)7-11(19)21-3/h4-5,8H,6-7H2,1-3H3. The van der Waals surface area contributed by atoms with E-state index in [0.717, 1.165) is 5.52 Å². The zero-order valence-corrected chi connectivity index (χ0v) is 12.1. The van der Waals surface area contributed by atoms with Crippen molar-refractivity contribution in [2.24, 2.45) is 7.05 Å². The van der Waals surface area contributed by atoms with Gasteiger partial charge in [-0.1, -0.05) is 0 Å². The third-order valence-electron chi connectivity index (χ3n) is 3.02. The van der Waals surface area contributed by atoms with Crippen molar-refractivity contribution in [3.8, 4) is 0 Å². The highest BCUT2D eigenvalue weighted by atomic mass is 16.5. The molecule has 8 nitrogen and oxygen atoms in total. The van der Waals surface area contributed by atoms with Gasteiger partial charge in [-0.2, -0.15) is 0 Å². The van der Waals surface area contributed by atoms with Crippen LogP contribution in [0.4, 0.5) is 5.82 Å². The Balaban J connectivity index is 2.42. The molecule has 112 valence electrons. The first-order valence-corrected chi connectivity index (χ1v) is 6.21. The van der Waals surface area contributed by atoms with Crippen molar-refractivity contribution >= 4 is 28.8 Å². The molecule has 0 aliphatic carbocycles. The minimum absolute atomic E-state index is 0.117. The second-order valence-corrected chi connectivity index (χ2v) is 4.37. The fourth-order valence-corrected chi connectivity index (χ4v) is 1.93. The molecule has 0 radical (unpaired) electrons. The van der Waals surface area contributed by atoms with E-state index in [1.54, 1.807) is 18.6 Å². The van der Waals surface area contributed by atoms with Crippen molar-refractivity contribution in [1.29, 1.82) is 0 Å². The van der Waals surface area contributed by atoms with Crippen LogP contribution in [0.2, 0.25) is 0 Å². The van der Waals surface area contributed by atoms with E-state index in [-0.39, 0.29) is 13.1 Å². The van der Waals surface area contributed by atoms with Crippen molar-refractivity contribution < 1.29 is 19.1 Å². The maximum absolute atomic E-state index is 11.5. The zero-order valence-electron chi connectivity index (χ0n) is 12.1. The summed E-state index contributed by atoms with van der Waals surface area (Å²) in [5, 5.41) is 0. The number of rotatable bonds is 5. The average molecular weight is 292 g/mol. The van der Waals surface area contributed by atoms with E-state index < -0.39 is 11.9 Å². The lowest BCUT2D eigenvalue weighted by molar-refractivity contribution is -0.140. The number of fused-ring (bicyclic) bond motifs is 1. The normalized spacial score (nSPS) is 10.4. The lowest BCUT2D eigenvalue weighted by Gasteiger charge is -2.21. The van der Waals surface area contributed by atoms with Crippen LogP contribution in [-0.4, -0.2) is 53.8 Å². The number of anilines is 1. The van der Waals surface area contributed by atoms with Gasteiger partial charge in [-0.3, -0.25) is 9.59 Å². The molecular weight excluding hydrogens is 276 g/mol. The third kappa shape index (κ3) is 3.10. The number of aryl methyl sites for hydroxylation is 1. The van der Waals surface area contributed by atoms with Crippen LogP contribution in [0, 0.1) is 0 Å². The Morgan fingerprint density at radius 2 is 1.81 bits per heavy atom. The smallest absolute Gasteiger partial charge is 0.325 e. The Morgan fingerprint density at radius 1 is 1.19 bits per heavy atom. The number of hydrogen-bond acceptors (Lipinski definition) is 7. The van der Waals surface area contributed by atoms with E-state index in [9.17, 15) is 9.59 Å². The molecule has 0 saturated heterocycles. The van der Waals surface area contributed by atoms with E-state index in [0.29, 0.717) is 11.3 Å². The number of ether oxygens (including phenoxy) is 2. The van der Waals surface area contributed by atoms with Gasteiger partial charge in [-0.15, -0.1) is 0 Å². The molecule has 8 heteroatoms. The largest absolute Gasteiger partial charge is 0.468 e. The summed E-state index contributed by atoms with van der Waals surface area (Å²) < 4.78 is 11.1. The number of imidazole rings is 1. The summed E-state index contributed by atoms with van der Waals surface area (Å²) in [5.74, 6) is -0.522. The molecule has 0 atom stereocenters. The number of esters is 2. The van der Waals surface area contributed by atoms with Crippen LogP contribution in [0.3, 0.4) is 0 Å². The molecule has 0 N–H and O–H groups in total. The topological polar surface area (TPSA) is 86.6 Å². The molecule has 0 aliphatic rings. The Bertz CT molecular complexity index is 649. The molecule has 0 spiro atoms. The molecule has 0 fully saturated rings. The van der Waals surface area contributed by atoms with E-state index in [2.05, 4.69) is 19.4 Å². The van der Waals surface area contributed by atoms with Gasteiger partial charge in [0.05, 0.1) is 26.1 Å². The first kappa shape index (κ1) is 14.8. The van der Waals surface area contributed by atoms with Crippen LogP contribution in [-0.2, 0) is 26.1 Å². The summed E-state index contributed by atoms with van der Waals surface area (Å²) in [5.41, 5.74) is 1.45. The molecule has 21 heavy (non-hydrogen) atoms. The monoisotopic (exact) mass is 292 g/mol. The van der Waals surface area contributed by atoms with Crippen molar-refractivity contribution in [2.75, 3.05) is 32.2 Å². The van der Waals surface area contributed by atoms with Crippen molar-refractivity contribution in [3.05, 3.63) is 18.6 Å². The maximum Gasteiger partial charge on any atom is 0.325 e. The highest BCUT2D eigenvalue weighted by Gasteiger charge is 2.20. The Hall–Kier alpha value is -2.64. The minimum Gasteiger partial charge on any atom is -0.468 e. The number of pyridine rings is 1. The summed E-state index contributed by atoms with van der Waals surface area (Å²) in [6, 6.07) is 1.81. The van der Waals surface area contributed by atoms with E-state index >= 15 is 0 Å². The number of aromatic nitrogens is 3. The van der Waals surface area contributed by atoms with Crippen molar-refractivity contribution in [2.45, 2.75) is 0 Å². The fourth-order valence-electron chi connectivity index (χ4n) is 1.93. The SMILES string of the molecule is COC(=O)CN(CC(=O)OC)c1nccc2c1ncn2C. The molecule has 2 rings (SSSR count). The van der Waals surface area contributed by atoms with Crippen LogP contribution in [0.1, 0.15) is 0 Å². The molecule has 2 aromatic rings. The molecule has 0 unspecified atom stereocenters. The molecule has 2 heterocycles. The molecule has 0 aliphatic heterocycles. The molecule has 0 amide bonds. The summed E-state index contributed by atoms with van der Waals surface area (Å²) in [7, 11) is 4.42. The van der Waals surface area contributed by atoms with E-state index in [1.807, 2.05) is 11.6 Å². The van der Waals surface area contributed by atoms with Gasteiger partial charge in [0.2, 0.25) is 0 Å². The van der Waals surface area contributed by atoms with Gasteiger partial charge >= 0.3 is 11.9 Å². The molecular formula is C13H16N4O4. The average Bonchev–Trinajstić information content (AvgIpc) is 2.88. The van der Waals surface area contributed by atoms with E-state index in [4.69, 9.17) is 0 Å². The first-order chi connectivity index (χ1) is 10.1. The highest BCUT2D eigenvalue weighted by molar-refractivity contribution is 5.90. The number of carbonyl (C=O) groups excluding carboxylic acids is 2. The third-order valence-corrected chi connectivity index (χ3v) is 3.02. The summed E-state index contributed by atoms with van der Waals surface area (Å²) in [4.78, 5) is 33.0. The van der Waals surface area contributed by atoms with Gasteiger partial charge in [0.15, 0.2) is 5.82 Å². The summed E-state index contributed by atoms with van der Waals surface area (Å²) in [6.07, 6.45) is 3.24. The highest BCUT2D eigenvalue weighted by Crippen LogP contribution is 2.22. The summed E-state index contributed by atoms with van der Waals surface area (Å²) in [6.45, 7) is -0.234. The van der Waals surface area contributed by atoms with Crippen LogP contribution >= 0.6 is 0 Å². The first-order valence-electron chi connectivity index (χ1n) is 6.21. The van der Waals surface area contributed by atoms with Gasteiger partial charge in [-0.05, 0) is 6.07 Å². The van der Waals surface area contributed by atoms with Crippen LogP contribution in [0.25, 0.3) is 11.0 Å². The Morgan fingerprint density at radius 3 is 2.38 bits per heavy atom. The quantitative estimate of drug-likeness (QED) is 0.723. The van der Waals surface area contributed by atoms with Gasteiger partial charge < -0.3 is 18.9 Å². The van der Waals surface area contributed by atoms with Crippen LogP contribution in [0.5, 0.6) is 0 Å². The molecule has 0 aromatic carbocycles. The second-order valence-electron chi connectivity index (χ2n) is 4.37. The van der Waals surface area contributed by atoms with Crippen LogP contribution in [0.15, 0.2) is 18.6 Å². The predicted molar refractivity (Wildman–Crippen MR) is 74.8 cm³/mol. The molecule has 0 saturated carbocycles. The molecule has 0 bridgehead atoms. The van der Waals surface area contributed by atoms with E-state index in [1.165, 1.54) is 19.1 Å². The van der Waals surface area contributed by atoms with Gasteiger partial charge in [-0.25, -0.2) is 9.97 Å². The van der Waals surface area contributed by atoms with Crippen molar-refractivity contribution in [1.82, 2.24) is 14.5 Å². The maximum atomic E-state index is 11.5. The van der Waals surface area contributed by atoms with Gasteiger partial charge in [0.25, 0.3) is 0 Å². The van der Waals surface area contributed by atoms with Crippen molar-refractivity contribution in [3.63, 3.8) is 0 Å². The second kappa shape index (κ2) is 6.21. The number of carbonyl (C=O) groups is 2. The lowest BCUT2D eigenvalue weighted by atomic mass is 10.3. The zero-order chi connectivity index (χ0) is 15.4. The number of hydrogen-bond donors (Lipinski definition) is 0. The fraction of sp³-hybridized carbons (Fsp3) is 0.385. The van der Waals surface area contributed by atoms with Crippen LogP contribution < -0.4 is 4.90 Å². The number of methoxy groups -OCH3 is 2. The Kier molecular flexibility index (Phi) is 4.36. The van der Waals surface area contributed by atoms with Gasteiger partial charge in [0.1, 0.15) is 18.6 Å².